The first-order chi connectivity index (χ1) is 12.7. The van der Waals surface area contributed by atoms with E-state index in [1.54, 1.807) is 17.4 Å². The summed E-state index contributed by atoms with van der Waals surface area (Å²) in [6.45, 7) is 5.01. The van der Waals surface area contributed by atoms with Crippen LogP contribution in [0.1, 0.15) is 9.68 Å². The van der Waals surface area contributed by atoms with Gasteiger partial charge >= 0.3 is 0 Å². The zero-order valence-corrected chi connectivity index (χ0v) is 15.9. The second-order valence-electron chi connectivity index (χ2n) is 7.15. The topological polar surface area (TPSA) is 12.9 Å². The Labute approximate surface area is 152 Å². The van der Waals surface area contributed by atoms with Gasteiger partial charge in [0.1, 0.15) is 0 Å². The Balaban J connectivity index is 1.96. The van der Waals surface area contributed by atoms with Crippen LogP contribution in [0.25, 0.3) is 31.4 Å². The van der Waals surface area contributed by atoms with Crippen molar-refractivity contribution in [2.45, 2.75) is 26.5 Å². The lowest BCUT2D eigenvalue weighted by Crippen LogP contribution is -2.37. The van der Waals surface area contributed by atoms with Crippen LogP contribution in [0.3, 0.4) is 0 Å². The van der Waals surface area contributed by atoms with E-state index in [9.17, 15) is 0 Å². The van der Waals surface area contributed by atoms with E-state index in [1.165, 1.54) is 31.6 Å². The molecule has 3 heteroatoms. The van der Waals surface area contributed by atoms with Gasteiger partial charge in [0.2, 0.25) is 0 Å². The van der Waals surface area contributed by atoms with Crippen LogP contribution < -0.4 is 5.19 Å². The van der Waals surface area contributed by atoms with Crippen molar-refractivity contribution in [3.63, 3.8) is 0 Å². The second-order valence-corrected chi connectivity index (χ2v) is 13.2. The summed E-state index contributed by atoms with van der Waals surface area (Å²) in [7, 11) is -1.48. The molecule has 2 aromatic carbocycles. The van der Waals surface area contributed by atoms with Crippen LogP contribution in [0.4, 0.5) is 0 Å². The SMILES string of the molecule is [2H]C([2H])([2H])c1ccc(-c2cccc3c2sc2cccc([Si](C)(C)C)c23)nc1. The lowest BCUT2D eigenvalue weighted by atomic mass is 10.1. The minimum absolute atomic E-state index is 0.274. The smallest absolute Gasteiger partial charge is 0.0784 e. The van der Waals surface area contributed by atoms with Crippen LogP contribution in [0.2, 0.25) is 19.6 Å². The molecule has 0 atom stereocenters. The van der Waals surface area contributed by atoms with E-state index in [4.69, 9.17) is 4.11 Å². The fourth-order valence-electron chi connectivity index (χ4n) is 3.23. The van der Waals surface area contributed by atoms with Gasteiger partial charge in [-0.15, -0.1) is 11.3 Å². The van der Waals surface area contributed by atoms with Crippen LogP contribution >= 0.6 is 11.3 Å². The van der Waals surface area contributed by atoms with E-state index in [0.717, 1.165) is 11.3 Å². The van der Waals surface area contributed by atoms with Gasteiger partial charge < -0.3 is 0 Å². The molecule has 0 aliphatic carbocycles. The minimum atomic E-state index is -2.12. The van der Waals surface area contributed by atoms with Crippen LogP contribution in [-0.4, -0.2) is 13.1 Å². The van der Waals surface area contributed by atoms with Gasteiger partial charge in [0.15, 0.2) is 0 Å². The molecule has 0 unspecified atom stereocenters. The molecule has 0 amide bonds. The average molecular weight is 351 g/mol. The summed E-state index contributed by atoms with van der Waals surface area (Å²) >= 11 is 1.79. The Hall–Kier alpha value is -1.97. The first kappa shape index (κ1) is 12.4. The molecule has 0 fully saturated rings. The highest BCUT2D eigenvalue weighted by molar-refractivity contribution is 7.26. The first-order valence-corrected chi connectivity index (χ1v) is 12.4. The molecule has 1 nitrogen and oxygen atoms in total. The van der Waals surface area contributed by atoms with Crippen molar-refractivity contribution in [2.75, 3.05) is 0 Å². The minimum Gasteiger partial charge on any atom is -0.256 e. The molecule has 2 aromatic heterocycles. The van der Waals surface area contributed by atoms with Crippen LogP contribution in [0.5, 0.6) is 0 Å². The second kappa shape index (κ2) is 5.54. The van der Waals surface area contributed by atoms with E-state index >= 15 is 0 Å². The zero-order valence-electron chi connectivity index (χ0n) is 17.1. The number of nitrogens with zero attached hydrogens (tertiary/aromatic N) is 1. The molecule has 0 aliphatic rings. The number of aromatic nitrogens is 1. The average Bonchev–Trinajstić information content (AvgIpc) is 2.99. The van der Waals surface area contributed by atoms with Gasteiger partial charge in [-0.1, -0.05) is 61.2 Å². The van der Waals surface area contributed by atoms with Gasteiger partial charge in [-0.2, -0.15) is 0 Å². The lowest BCUT2D eigenvalue weighted by Gasteiger charge is -2.18. The summed E-state index contributed by atoms with van der Waals surface area (Å²) in [4.78, 5) is 4.46. The highest BCUT2D eigenvalue weighted by Gasteiger charge is 2.22. The molecular weight excluding hydrogens is 326 g/mol. The fraction of sp³-hybridized carbons (Fsp3) is 0.190. The monoisotopic (exact) mass is 350 g/mol. The summed E-state index contributed by atoms with van der Waals surface area (Å²) in [5, 5.41) is 4.12. The van der Waals surface area contributed by atoms with Gasteiger partial charge in [0, 0.05) is 30.7 Å². The molecule has 2 heterocycles. The third kappa shape index (κ3) is 2.48. The van der Waals surface area contributed by atoms with E-state index in [1.807, 2.05) is 6.07 Å². The van der Waals surface area contributed by atoms with Gasteiger partial charge in [-0.25, -0.2) is 0 Å². The van der Waals surface area contributed by atoms with Crippen LogP contribution in [0.15, 0.2) is 54.7 Å². The van der Waals surface area contributed by atoms with Gasteiger partial charge in [0.25, 0.3) is 0 Å². The summed E-state index contributed by atoms with van der Waals surface area (Å²) in [5.74, 6) is 0. The van der Waals surface area contributed by atoms with Gasteiger partial charge in [-0.3, -0.25) is 4.98 Å². The maximum Gasteiger partial charge on any atom is 0.0784 e. The van der Waals surface area contributed by atoms with Crippen molar-refractivity contribution in [1.82, 2.24) is 4.98 Å². The Kier molecular flexibility index (Phi) is 2.86. The molecule has 0 saturated carbocycles. The maximum atomic E-state index is 7.53. The molecule has 0 spiro atoms. The van der Waals surface area contributed by atoms with Crippen molar-refractivity contribution in [1.29, 1.82) is 0 Å². The van der Waals surface area contributed by atoms with Gasteiger partial charge in [-0.05, 0) is 29.9 Å². The molecule has 0 aliphatic heterocycles. The first-order valence-electron chi connectivity index (χ1n) is 9.58. The quantitative estimate of drug-likeness (QED) is 0.406. The standard InChI is InChI=1S/C21H21NSSi/c1-14-11-12-17(22-13-14)15-7-5-8-16-20-18(23-21(15)16)9-6-10-19(20)24(2,3)4/h5-13H,1-4H3/i1D3. The summed E-state index contributed by atoms with van der Waals surface area (Å²) in [6, 6.07) is 16.4. The van der Waals surface area contributed by atoms with Crippen molar-refractivity contribution in [3.8, 4) is 11.3 Å². The number of thiophene rings is 1. The number of fused-ring (bicyclic) bond motifs is 3. The predicted molar refractivity (Wildman–Crippen MR) is 110 cm³/mol. The summed E-state index contributed by atoms with van der Waals surface area (Å²) in [5.41, 5.74) is 2.15. The van der Waals surface area contributed by atoms with Gasteiger partial charge in [0.05, 0.1) is 13.8 Å². The van der Waals surface area contributed by atoms with Crippen molar-refractivity contribution in [3.05, 3.63) is 60.3 Å². The number of pyridine rings is 1. The van der Waals surface area contributed by atoms with Crippen molar-refractivity contribution >= 4 is 44.8 Å². The van der Waals surface area contributed by atoms with Crippen LogP contribution in [0, 0.1) is 6.85 Å². The molecule has 0 radical (unpaired) electrons. The summed E-state index contributed by atoms with van der Waals surface area (Å²) in [6.07, 6.45) is 1.47. The molecule has 120 valence electrons. The zero-order chi connectivity index (χ0) is 19.4. The number of aryl methyl sites for hydroxylation is 1. The summed E-state index contributed by atoms with van der Waals surface area (Å²) < 4.78 is 25.1. The molecule has 24 heavy (non-hydrogen) atoms. The molecule has 4 rings (SSSR count). The molecule has 0 saturated heterocycles. The van der Waals surface area contributed by atoms with Crippen LogP contribution in [-0.2, 0) is 0 Å². The number of hydrogen-bond donors (Lipinski definition) is 0. The normalized spacial score (nSPS) is 14.5. The fourth-order valence-corrected chi connectivity index (χ4v) is 6.18. The van der Waals surface area contributed by atoms with E-state index in [0.29, 0.717) is 0 Å². The Morgan fingerprint density at radius 2 is 1.83 bits per heavy atom. The molecule has 4 aromatic rings. The van der Waals surface area contributed by atoms with E-state index in [-0.39, 0.29) is 5.56 Å². The lowest BCUT2D eigenvalue weighted by molar-refractivity contribution is 1.27. The highest BCUT2D eigenvalue weighted by Crippen LogP contribution is 2.39. The third-order valence-corrected chi connectivity index (χ3v) is 7.61. The Morgan fingerprint density at radius 1 is 1.00 bits per heavy atom. The third-order valence-electron chi connectivity index (χ3n) is 4.37. The van der Waals surface area contributed by atoms with Crippen molar-refractivity contribution in [2.24, 2.45) is 0 Å². The number of benzene rings is 2. The number of rotatable bonds is 2. The highest BCUT2D eigenvalue weighted by atomic mass is 32.1. The van der Waals surface area contributed by atoms with E-state index in [2.05, 4.69) is 61.0 Å². The van der Waals surface area contributed by atoms with Crippen molar-refractivity contribution < 1.29 is 4.11 Å². The maximum absolute atomic E-state index is 7.53. The molecule has 0 N–H and O–H groups in total. The molecular formula is C21H21NSSi. The number of hydrogen-bond acceptors (Lipinski definition) is 2. The molecule has 0 bridgehead atoms. The Morgan fingerprint density at radius 3 is 2.54 bits per heavy atom. The largest absolute Gasteiger partial charge is 0.256 e. The predicted octanol–water partition coefficient (Wildman–Crippen LogP) is 5.97. The Bertz CT molecular complexity index is 1140. The van der Waals surface area contributed by atoms with E-state index < -0.39 is 14.9 Å².